The molecule has 0 amide bonds. The molecule has 0 aromatic heterocycles. The summed E-state index contributed by atoms with van der Waals surface area (Å²) in [5.41, 5.74) is 1.36. The number of ether oxygens (including phenoxy) is 1. The highest BCUT2D eigenvalue weighted by molar-refractivity contribution is 6.72. The predicted octanol–water partition coefficient (Wildman–Crippen LogP) is 4.11. The van der Waals surface area contributed by atoms with Gasteiger partial charge in [-0.2, -0.15) is 0 Å². The van der Waals surface area contributed by atoms with Crippen LogP contribution in [0.3, 0.4) is 0 Å². The summed E-state index contributed by atoms with van der Waals surface area (Å²) < 4.78 is 6.01. The molecule has 2 nitrogen and oxygen atoms in total. The second kappa shape index (κ2) is 4.44. The lowest BCUT2D eigenvalue weighted by molar-refractivity contribution is 0.185. The van der Waals surface area contributed by atoms with Crippen LogP contribution in [0.1, 0.15) is 47.0 Å². The lowest BCUT2D eigenvalue weighted by Crippen LogP contribution is -2.43. The topological polar surface area (TPSA) is 32.8 Å². The summed E-state index contributed by atoms with van der Waals surface area (Å²) in [6.45, 7) is 17.1. The molecule has 0 aromatic carbocycles. The minimum absolute atomic E-state index is 0.0359. The second-order valence-electron chi connectivity index (χ2n) is 8.15. The van der Waals surface area contributed by atoms with Crippen LogP contribution in [0.15, 0.2) is 12.2 Å². The van der Waals surface area contributed by atoms with Crippen molar-refractivity contribution in [3.63, 3.8) is 0 Å². The average Bonchev–Trinajstić information content (AvgIpc) is 2.87. The average molecular weight is 282 g/mol. The highest BCUT2D eigenvalue weighted by Gasteiger charge is 2.62. The third-order valence-corrected chi connectivity index (χ3v) is 9.48. The normalized spacial score (nSPS) is 38.8. The second-order valence-corrected chi connectivity index (χ2v) is 12.6. The fraction of sp³-hybridized carbons (Fsp3) is 0.875. The lowest BCUT2D eigenvalue weighted by Gasteiger charge is -2.41. The van der Waals surface area contributed by atoms with Crippen LogP contribution >= 0.6 is 0 Å². The maximum absolute atomic E-state index is 10.5. The Morgan fingerprint density at radius 3 is 2.47 bits per heavy atom. The molecule has 3 heteroatoms. The smallest absolute Gasteiger partial charge is 0.188 e. The van der Waals surface area contributed by atoms with Crippen LogP contribution in [-0.2, 0) is 4.74 Å². The number of hydrogen-bond acceptors (Lipinski definition) is 2. The van der Waals surface area contributed by atoms with Gasteiger partial charge in [-0.3, -0.25) is 0 Å². The summed E-state index contributed by atoms with van der Waals surface area (Å²) in [6.07, 6.45) is 3.81. The minimum atomic E-state index is -2.14. The number of hydrogen-bond donors (Lipinski definition) is 1. The molecule has 19 heavy (non-hydrogen) atoms. The van der Waals surface area contributed by atoms with Crippen LogP contribution in [-0.4, -0.2) is 24.8 Å². The molecular weight excluding hydrogens is 252 g/mol. The SMILES string of the molecule is C=C(C)[C@H]1C[C@@H](CC(C)(C)[Si](C)(C)O)[C@]2(C)O[C@@H]2C1. The van der Waals surface area contributed by atoms with Gasteiger partial charge in [0.05, 0.1) is 11.7 Å². The Labute approximate surface area is 119 Å². The molecule has 2 aliphatic rings. The van der Waals surface area contributed by atoms with Gasteiger partial charge in [-0.1, -0.05) is 26.0 Å². The summed E-state index contributed by atoms with van der Waals surface area (Å²) >= 11 is 0. The molecule has 2 rings (SSSR count). The van der Waals surface area contributed by atoms with Crippen LogP contribution in [0.2, 0.25) is 18.1 Å². The van der Waals surface area contributed by atoms with E-state index in [9.17, 15) is 4.80 Å². The van der Waals surface area contributed by atoms with Crippen molar-refractivity contribution in [2.45, 2.75) is 76.8 Å². The first kappa shape index (κ1) is 15.3. The zero-order valence-electron chi connectivity index (χ0n) is 13.4. The molecule has 0 spiro atoms. The van der Waals surface area contributed by atoms with Crippen molar-refractivity contribution in [2.75, 3.05) is 0 Å². The van der Waals surface area contributed by atoms with Crippen molar-refractivity contribution >= 4 is 8.32 Å². The maximum atomic E-state index is 10.5. The number of rotatable bonds is 4. The summed E-state index contributed by atoms with van der Waals surface area (Å²) in [7, 11) is -2.14. The Morgan fingerprint density at radius 2 is 2.00 bits per heavy atom. The highest BCUT2D eigenvalue weighted by atomic mass is 28.4. The molecule has 0 aromatic rings. The molecule has 1 aliphatic carbocycles. The van der Waals surface area contributed by atoms with Crippen molar-refractivity contribution in [3.05, 3.63) is 12.2 Å². The maximum Gasteiger partial charge on any atom is 0.188 e. The van der Waals surface area contributed by atoms with Crippen molar-refractivity contribution in [1.82, 2.24) is 0 Å². The van der Waals surface area contributed by atoms with Crippen LogP contribution in [0.25, 0.3) is 0 Å². The van der Waals surface area contributed by atoms with Crippen molar-refractivity contribution in [3.8, 4) is 0 Å². The van der Waals surface area contributed by atoms with Gasteiger partial charge in [0.15, 0.2) is 8.32 Å². The van der Waals surface area contributed by atoms with Gasteiger partial charge in [0, 0.05) is 0 Å². The minimum Gasteiger partial charge on any atom is -0.432 e. The first-order chi connectivity index (χ1) is 8.47. The first-order valence-corrected chi connectivity index (χ1v) is 10.5. The lowest BCUT2D eigenvalue weighted by atomic mass is 9.70. The van der Waals surface area contributed by atoms with Gasteiger partial charge in [0.1, 0.15) is 0 Å². The van der Waals surface area contributed by atoms with Gasteiger partial charge in [-0.15, -0.1) is 0 Å². The van der Waals surface area contributed by atoms with E-state index in [1.807, 2.05) is 0 Å². The van der Waals surface area contributed by atoms with E-state index in [0.717, 1.165) is 12.8 Å². The predicted molar refractivity (Wildman–Crippen MR) is 82.7 cm³/mol. The van der Waals surface area contributed by atoms with Gasteiger partial charge in [-0.25, -0.2) is 0 Å². The monoisotopic (exact) mass is 282 g/mol. The molecule has 1 saturated carbocycles. The molecule has 1 saturated heterocycles. The third kappa shape index (κ3) is 2.70. The number of fused-ring (bicyclic) bond motifs is 1. The van der Waals surface area contributed by atoms with Crippen molar-refractivity contribution in [2.24, 2.45) is 11.8 Å². The van der Waals surface area contributed by atoms with E-state index >= 15 is 0 Å². The van der Waals surface area contributed by atoms with Crippen LogP contribution < -0.4 is 0 Å². The Balaban J connectivity index is 2.12. The van der Waals surface area contributed by atoms with E-state index in [1.165, 1.54) is 12.0 Å². The highest BCUT2D eigenvalue weighted by Crippen LogP contribution is 2.58. The van der Waals surface area contributed by atoms with Crippen molar-refractivity contribution < 1.29 is 9.53 Å². The Morgan fingerprint density at radius 1 is 1.42 bits per heavy atom. The summed E-state index contributed by atoms with van der Waals surface area (Å²) in [5.74, 6) is 1.16. The van der Waals surface area contributed by atoms with E-state index in [2.05, 4.69) is 47.4 Å². The van der Waals surface area contributed by atoms with E-state index in [1.54, 1.807) is 0 Å². The van der Waals surface area contributed by atoms with Gasteiger partial charge < -0.3 is 9.53 Å². The Bertz CT molecular complexity index is 383. The molecule has 2 fully saturated rings. The zero-order valence-corrected chi connectivity index (χ0v) is 14.4. The van der Waals surface area contributed by atoms with E-state index in [4.69, 9.17) is 4.74 Å². The summed E-state index contributed by atoms with van der Waals surface area (Å²) in [6, 6.07) is 0. The fourth-order valence-electron chi connectivity index (χ4n) is 3.40. The number of allylic oxidation sites excluding steroid dienone is 1. The molecule has 1 heterocycles. The zero-order chi connectivity index (χ0) is 14.6. The van der Waals surface area contributed by atoms with Crippen LogP contribution in [0.5, 0.6) is 0 Å². The van der Waals surface area contributed by atoms with Crippen LogP contribution in [0, 0.1) is 11.8 Å². The summed E-state index contributed by atoms with van der Waals surface area (Å²) in [4.78, 5) is 10.5. The Hall–Kier alpha value is -0.123. The molecule has 0 radical (unpaired) electrons. The Kier molecular flexibility index (Phi) is 3.57. The van der Waals surface area contributed by atoms with E-state index < -0.39 is 8.32 Å². The molecule has 1 N–H and O–H groups in total. The standard InChI is InChI=1S/C16H30O2Si/c1-11(2)12-8-13(16(5)14(9-12)18-16)10-15(3,4)19(6,7)17/h12-14,17H,1,8-10H2,2-7H3/t12-,13-,14+,16-/m0/s1. The van der Waals surface area contributed by atoms with Gasteiger partial charge >= 0.3 is 0 Å². The molecular formula is C16H30O2Si. The molecule has 1 aliphatic heterocycles. The van der Waals surface area contributed by atoms with Crippen molar-refractivity contribution in [1.29, 1.82) is 0 Å². The fourth-order valence-corrected chi connectivity index (χ4v) is 4.15. The summed E-state index contributed by atoms with van der Waals surface area (Å²) in [5, 5.41) is 0.0359. The molecule has 0 unspecified atom stereocenters. The van der Waals surface area contributed by atoms with E-state index in [-0.39, 0.29) is 10.6 Å². The van der Waals surface area contributed by atoms with Crippen LogP contribution in [0.4, 0.5) is 0 Å². The number of epoxide rings is 1. The molecule has 4 atom stereocenters. The van der Waals surface area contributed by atoms with Gasteiger partial charge in [0.25, 0.3) is 0 Å². The molecule has 0 bridgehead atoms. The van der Waals surface area contributed by atoms with E-state index in [0.29, 0.717) is 17.9 Å². The van der Waals surface area contributed by atoms with Gasteiger partial charge in [0.2, 0.25) is 0 Å². The first-order valence-electron chi connectivity index (χ1n) is 7.53. The van der Waals surface area contributed by atoms with Gasteiger partial charge in [-0.05, 0) is 63.1 Å². The molecule has 110 valence electrons. The third-order valence-electron chi connectivity index (χ3n) is 5.97. The largest absolute Gasteiger partial charge is 0.432 e. The quantitative estimate of drug-likeness (QED) is 0.478.